The first-order valence-electron chi connectivity index (χ1n) is 10.5. The quantitative estimate of drug-likeness (QED) is 0.483. The highest BCUT2D eigenvalue weighted by Gasteiger charge is 2.38. The Morgan fingerprint density at radius 1 is 1.00 bits per heavy atom. The first-order valence-corrected chi connectivity index (χ1v) is 11.3. The van der Waals surface area contributed by atoms with Crippen molar-refractivity contribution < 1.29 is 27.9 Å². The van der Waals surface area contributed by atoms with Crippen LogP contribution in [0.1, 0.15) is 5.56 Å². The maximum Gasteiger partial charge on any atom is 0.490 e. The van der Waals surface area contributed by atoms with E-state index in [9.17, 15) is 23.2 Å². The van der Waals surface area contributed by atoms with Crippen molar-refractivity contribution in [3.05, 3.63) is 82.2 Å². The number of nitrogens with one attached hydrogen (secondary N) is 1. The molecule has 1 amide bonds. The molecule has 2 aliphatic heterocycles. The van der Waals surface area contributed by atoms with Crippen LogP contribution >= 0.6 is 11.8 Å². The summed E-state index contributed by atoms with van der Waals surface area (Å²) in [5, 5.41) is 22.9. The Bertz CT molecular complexity index is 1160. The van der Waals surface area contributed by atoms with Gasteiger partial charge in [0.15, 0.2) is 0 Å². The van der Waals surface area contributed by atoms with Crippen molar-refractivity contribution >= 4 is 35.0 Å². The average molecular weight is 503 g/mol. The summed E-state index contributed by atoms with van der Waals surface area (Å²) in [7, 11) is 0. The van der Waals surface area contributed by atoms with Crippen LogP contribution in [0.4, 0.5) is 18.9 Å². The monoisotopic (exact) mass is 502 g/mol. The largest absolute Gasteiger partial charge is 0.490 e. The number of nitrogens with zero attached hydrogens (tertiary/aromatic N) is 3. The highest BCUT2D eigenvalue weighted by atomic mass is 32.2. The number of halogens is 3. The lowest BCUT2D eigenvalue weighted by Gasteiger charge is -2.29. The Labute approximate surface area is 204 Å². The molecular weight excluding hydrogens is 481 g/mol. The van der Waals surface area contributed by atoms with Crippen LogP contribution in [0.2, 0.25) is 0 Å². The highest BCUT2D eigenvalue weighted by Crippen LogP contribution is 2.44. The number of anilines is 1. The van der Waals surface area contributed by atoms with Crippen LogP contribution in [0, 0.1) is 11.3 Å². The Morgan fingerprint density at radius 2 is 1.54 bits per heavy atom. The number of thioether (sulfide) groups is 1. The number of carbonyl (C=O) groups is 2. The molecule has 35 heavy (non-hydrogen) atoms. The molecule has 2 heterocycles. The maximum absolute atomic E-state index is 13.1. The number of rotatable bonds is 3. The van der Waals surface area contributed by atoms with E-state index in [-0.39, 0.29) is 11.5 Å². The van der Waals surface area contributed by atoms with Gasteiger partial charge in [-0.25, -0.2) is 4.79 Å². The molecule has 0 atom stereocenters. The Balaban J connectivity index is 0.000000429. The second-order valence-corrected chi connectivity index (χ2v) is 8.15. The second-order valence-electron chi connectivity index (χ2n) is 7.29. The van der Waals surface area contributed by atoms with Gasteiger partial charge in [0.2, 0.25) is 0 Å². The molecule has 1 fully saturated rings. The minimum Gasteiger partial charge on any atom is -0.475 e. The number of carbonyl (C=O) groups excluding carboxylic acids is 1. The van der Waals surface area contributed by atoms with Gasteiger partial charge in [-0.3, -0.25) is 4.79 Å². The molecule has 0 spiro atoms. The van der Waals surface area contributed by atoms with Crippen molar-refractivity contribution in [2.45, 2.75) is 6.18 Å². The number of alkyl halides is 3. The molecule has 2 aliphatic rings. The SMILES string of the molecule is N#CC(C(=O)N1CCNCC1)=C1SC=C(c2ccccc2)N1c1ccccc1.O=C(O)C(F)(F)F. The number of benzene rings is 2. The Hall–Kier alpha value is -3.75. The Morgan fingerprint density at radius 3 is 2.06 bits per heavy atom. The van der Waals surface area contributed by atoms with E-state index >= 15 is 0 Å². The zero-order valence-corrected chi connectivity index (χ0v) is 19.1. The van der Waals surface area contributed by atoms with Gasteiger partial charge in [-0.1, -0.05) is 60.3 Å². The fourth-order valence-electron chi connectivity index (χ4n) is 3.35. The molecule has 0 bridgehead atoms. The summed E-state index contributed by atoms with van der Waals surface area (Å²) in [6.07, 6.45) is -5.08. The van der Waals surface area contributed by atoms with E-state index in [0.29, 0.717) is 18.1 Å². The average Bonchev–Trinajstić information content (AvgIpc) is 3.30. The highest BCUT2D eigenvalue weighted by molar-refractivity contribution is 8.06. The zero-order valence-electron chi connectivity index (χ0n) is 18.3. The molecule has 2 aromatic carbocycles. The van der Waals surface area contributed by atoms with Crippen molar-refractivity contribution in [3.63, 3.8) is 0 Å². The minimum absolute atomic E-state index is 0.193. The van der Waals surface area contributed by atoms with Gasteiger partial charge in [0.25, 0.3) is 5.91 Å². The molecule has 0 aromatic heterocycles. The van der Waals surface area contributed by atoms with Gasteiger partial charge in [-0.05, 0) is 17.7 Å². The summed E-state index contributed by atoms with van der Waals surface area (Å²) in [4.78, 5) is 25.8. The molecule has 0 unspecified atom stereocenters. The van der Waals surface area contributed by atoms with Gasteiger partial charge in [-0.15, -0.1) is 0 Å². The zero-order chi connectivity index (χ0) is 25.4. The number of hydrogen-bond acceptors (Lipinski definition) is 6. The minimum atomic E-state index is -5.08. The number of aliphatic carboxylic acids is 1. The lowest BCUT2D eigenvalue weighted by Crippen LogP contribution is -2.47. The molecule has 1 saturated heterocycles. The van der Waals surface area contributed by atoms with E-state index in [1.165, 1.54) is 11.8 Å². The number of hydrogen-bond donors (Lipinski definition) is 2. The third-order valence-corrected chi connectivity index (χ3v) is 5.95. The van der Waals surface area contributed by atoms with Gasteiger partial charge in [0.1, 0.15) is 16.7 Å². The molecule has 2 N–H and O–H groups in total. The fourth-order valence-corrected chi connectivity index (χ4v) is 4.37. The smallest absolute Gasteiger partial charge is 0.475 e. The summed E-state index contributed by atoms with van der Waals surface area (Å²) < 4.78 is 31.7. The molecule has 2 aromatic rings. The molecule has 7 nitrogen and oxygen atoms in total. The van der Waals surface area contributed by atoms with Gasteiger partial charge in [-0.2, -0.15) is 18.4 Å². The number of nitriles is 1. The van der Waals surface area contributed by atoms with Crippen LogP contribution in [0.25, 0.3) is 5.70 Å². The number of carboxylic acids is 1. The summed E-state index contributed by atoms with van der Waals surface area (Å²) in [5.41, 5.74) is 3.13. The molecule has 182 valence electrons. The van der Waals surface area contributed by atoms with E-state index in [4.69, 9.17) is 9.90 Å². The molecule has 0 aliphatic carbocycles. The third-order valence-electron chi connectivity index (χ3n) is 5.00. The van der Waals surface area contributed by atoms with Crippen LogP contribution in [-0.4, -0.2) is 54.2 Å². The summed E-state index contributed by atoms with van der Waals surface area (Å²) in [5.74, 6) is -2.96. The topological polar surface area (TPSA) is 96.7 Å². The summed E-state index contributed by atoms with van der Waals surface area (Å²) in [6.45, 7) is 2.74. The number of piperazine rings is 1. The van der Waals surface area contributed by atoms with E-state index in [0.717, 1.165) is 30.0 Å². The van der Waals surface area contributed by atoms with Gasteiger partial charge >= 0.3 is 12.1 Å². The predicted molar refractivity (Wildman–Crippen MR) is 127 cm³/mol. The normalized spacial score (nSPS) is 17.0. The number of amides is 1. The van der Waals surface area contributed by atoms with Crippen molar-refractivity contribution in [2.75, 3.05) is 31.1 Å². The predicted octanol–water partition coefficient (Wildman–Crippen LogP) is 4.04. The first kappa shape index (κ1) is 25.9. The van der Waals surface area contributed by atoms with E-state index < -0.39 is 12.1 Å². The standard InChI is InChI=1S/C22H20N4OS.C2HF3O2/c23-15-19(21(27)25-13-11-24-12-14-25)22-26(18-9-5-2-6-10-18)20(16-28-22)17-7-3-1-4-8-17;3-2(4,5)1(6)7/h1-10,16,24H,11-14H2;(H,6,7). The van der Waals surface area contributed by atoms with Gasteiger partial charge < -0.3 is 20.2 Å². The van der Waals surface area contributed by atoms with E-state index in [2.05, 4.69) is 11.4 Å². The molecular formula is C24H21F3N4O3S. The van der Waals surface area contributed by atoms with Crippen molar-refractivity contribution in [1.29, 1.82) is 5.26 Å². The fraction of sp³-hybridized carbons (Fsp3) is 0.208. The molecule has 0 saturated carbocycles. The van der Waals surface area contributed by atoms with E-state index in [1.54, 1.807) is 4.90 Å². The summed E-state index contributed by atoms with van der Waals surface area (Å²) >= 11 is 1.43. The van der Waals surface area contributed by atoms with Crippen molar-refractivity contribution in [2.24, 2.45) is 0 Å². The maximum atomic E-state index is 13.1. The molecule has 0 radical (unpaired) electrons. The van der Waals surface area contributed by atoms with E-state index in [1.807, 2.05) is 71.0 Å². The number of carboxylic acid groups (broad SMARTS) is 1. The van der Waals surface area contributed by atoms with Crippen molar-refractivity contribution in [3.8, 4) is 6.07 Å². The van der Waals surface area contributed by atoms with Crippen molar-refractivity contribution in [1.82, 2.24) is 10.2 Å². The Kier molecular flexibility index (Phi) is 8.57. The summed E-state index contributed by atoms with van der Waals surface area (Å²) in [6, 6.07) is 22.1. The van der Waals surface area contributed by atoms with Crippen LogP contribution in [0.5, 0.6) is 0 Å². The second kappa shape index (κ2) is 11.6. The van der Waals surface area contributed by atoms with Crippen LogP contribution in [0.3, 0.4) is 0 Å². The lowest BCUT2D eigenvalue weighted by molar-refractivity contribution is -0.192. The van der Waals surface area contributed by atoms with Gasteiger partial charge in [0.05, 0.1) is 5.70 Å². The third kappa shape index (κ3) is 6.44. The molecule has 11 heteroatoms. The van der Waals surface area contributed by atoms with Crippen LogP contribution < -0.4 is 10.2 Å². The van der Waals surface area contributed by atoms with Crippen LogP contribution in [-0.2, 0) is 9.59 Å². The molecule has 4 rings (SSSR count). The first-order chi connectivity index (χ1) is 16.7. The van der Waals surface area contributed by atoms with Crippen LogP contribution in [0.15, 0.2) is 76.7 Å². The lowest BCUT2D eigenvalue weighted by atomic mass is 10.1. The van der Waals surface area contributed by atoms with Gasteiger partial charge in [0, 0.05) is 37.3 Å². The number of para-hydroxylation sites is 1.